The summed E-state index contributed by atoms with van der Waals surface area (Å²) < 4.78 is 4.79. The Balaban J connectivity index is 0.907. The van der Waals surface area contributed by atoms with E-state index in [-0.39, 0.29) is 5.41 Å². The normalized spacial score (nSPS) is 13.5. The minimum atomic E-state index is -0.708. The van der Waals surface area contributed by atoms with E-state index in [1.807, 2.05) is 6.07 Å². The molecule has 2 aliphatic rings. The predicted octanol–water partition coefficient (Wildman–Crippen LogP) is 19.4. The maximum Gasteiger partial charge on any atom is 0.164 e. The van der Waals surface area contributed by atoms with Crippen LogP contribution in [-0.2, 0) is 10.8 Å². The van der Waals surface area contributed by atoms with E-state index in [9.17, 15) is 0 Å². The standard InChI is InChI=1S/C79H53N5/c1-78(2)66-35-17-12-33-65(66)74-58(34-22-36-67(74)78)51-41-43-59-60-44-42-52(48-69(60)79(68(59)47-51,54-25-8-4-9-26-54)55-27-10-5-11-28-55)76-80-75(50-23-6-3-7-24-50)81-77(82-76)53-45-56(83-70-37-18-13-29-61(70)62-30-14-19-38-71(62)83)49-57(46-53)84-72-39-20-15-31-63(72)64-32-16-21-40-73(64)84/h3-49H,1-2H3. The van der Waals surface area contributed by atoms with Crippen molar-refractivity contribution < 1.29 is 0 Å². The molecule has 0 aliphatic heterocycles. The molecule has 394 valence electrons. The summed E-state index contributed by atoms with van der Waals surface area (Å²) in [5.41, 5.74) is 23.4. The highest BCUT2D eigenvalue weighted by Crippen LogP contribution is 2.59. The summed E-state index contributed by atoms with van der Waals surface area (Å²) in [6.45, 7) is 4.72. The highest BCUT2D eigenvalue weighted by Gasteiger charge is 2.47. The summed E-state index contributed by atoms with van der Waals surface area (Å²) in [6.07, 6.45) is 0. The van der Waals surface area contributed by atoms with E-state index in [1.165, 1.54) is 88.3 Å². The molecule has 0 N–H and O–H groups in total. The van der Waals surface area contributed by atoms with Gasteiger partial charge in [0.25, 0.3) is 0 Å². The lowest BCUT2D eigenvalue weighted by atomic mass is 9.67. The molecule has 0 amide bonds. The summed E-state index contributed by atoms with van der Waals surface area (Å²) in [6, 6.07) is 104. The maximum atomic E-state index is 5.64. The fourth-order valence-corrected chi connectivity index (χ4v) is 14.5. The first-order valence-corrected chi connectivity index (χ1v) is 29.0. The van der Waals surface area contributed by atoms with E-state index in [1.54, 1.807) is 0 Å². The lowest BCUT2D eigenvalue weighted by Gasteiger charge is -2.34. The molecule has 0 saturated carbocycles. The van der Waals surface area contributed by atoms with Crippen LogP contribution in [0.5, 0.6) is 0 Å². The minimum absolute atomic E-state index is 0.123. The number of benzene rings is 12. The Morgan fingerprint density at radius 1 is 0.274 bits per heavy atom. The summed E-state index contributed by atoms with van der Waals surface area (Å²) in [5, 5.41) is 4.78. The van der Waals surface area contributed by atoms with Gasteiger partial charge in [0.2, 0.25) is 0 Å². The van der Waals surface area contributed by atoms with Crippen LogP contribution in [0.15, 0.2) is 285 Å². The number of hydrogen-bond acceptors (Lipinski definition) is 3. The van der Waals surface area contributed by atoms with Gasteiger partial charge in [-0.05, 0) is 121 Å². The van der Waals surface area contributed by atoms with Crippen LogP contribution in [-0.4, -0.2) is 24.1 Å². The molecule has 5 heteroatoms. The summed E-state index contributed by atoms with van der Waals surface area (Å²) in [7, 11) is 0. The molecule has 2 aliphatic carbocycles. The Morgan fingerprint density at radius 3 is 1.21 bits per heavy atom. The van der Waals surface area contributed by atoms with Crippen LogP contribution in [0.4, 0.5) is 0 Å². The lowest BCUT2D eigenvalue weighted by molar-refractivity contribution is 0.660. The van der Waals surface area contributed by atoms with E-state index >= 15 is 0 Å². The highest BCUT2D eigenvalue weighted by atomic mass is 15.0. The first-order chi connectivity index (χ1) is 41.4. The Labute approximate surface area is 487 Å². The zero-order valence-electron chi connectivity index (χ0n) is 46.4. The van der Waals surface area contributed by atoms with Crippen molar-refractivity contribution in [3.05, 3.63) is 318 Å². The molecular formula is C79H53N5. The van der Waals surface area contributed by atoms with Gasteiger partial charge in [-0.2, -0.15) is 0 Å². The average molecular weight is 1070 g/mol. The first kappa shape index (κ1) is 48.0. The van der Waals surface area contributed by atoms with Gasteiger partial charge in [0.15, 0.2) is 17.5 Å². The first-order valence-electron chi connectivity index (χ1n) is 29.0. The van der Waals surface area contributed by atoms with Crippen LogP contribution in [0, 0.1) is 0 Å². The molecule has 0 saturated heterocycles. The number of rotatable bonds is 8. The molecule has 12 aromatic carbocycles. The van der Waals surface area contributed by atoms with Gasteiger partial charge in [0.1, 0.15) is 0 Å². The zero-order chi connectivity index (χ0) is 55.7. The molecule has 0 unspecified atom stereocenters. The van der Waals surface area contributed by atoms with Crippen molar-refractivity contribution in [1.29, 1.82) is 0 Å². The Hall–Kier alpha value is -10.8. The van der Waals surface area contributed by atoms with Crippen molar-refractivity contribution in [3.8, 4) is 78.9 Å². The van der Waals surface area contributed by atoms with E-state index < -0.39 is 5.41 Å². The third-order valence-electron chi connectivity index (χ3n) is 18.2. The predicted molar refractivity (Wildman–Crippen MR) is 345 cm³/mol. The smallest absolute Gasteiger partial charge is 0.164 e. The Morgan fingerprint density at radius 2 is 0.679 bits per heavy atom. The molecule has 0 bridgehead atoms. The molecule has 0 atom stereocenters. The van der Waals surface area contributed by atoms with E-state index in [4.69, 9.17) is 15.0 Å². The third kappa shape index (κ3) is 6.99. The topological polar surface area (TPSA) is 48.5 Å². The number of aromatic nitrogens is 5. The monoisotopic (exact) mass is 1070 g/mol. The largest absolute Gasteiger partial charge is 0.309 e. The molecule has 0 fully saturated rings. The number of hydrogen-bond donors (Lipinski definition) is 0. The van der Waals surface area contributed by atoms with Crippen LogP contribution < -0.4 is 0 Å². The summed E-state index contributed by atoms with van der Waals surface area (Å²) >= 11 is 0. The van der Waals surface area contributed by atoms with Gasteiger partial charge in [-0.1, -0.05) is 244 Å². The maximum absolute atomic E-state index is 5.64. The number of nitrogens with zero attached hydrogens (tertiary/aromatic N) is 5. The molecule has 15 aromatic rings. The SMILES string of the molecule is CC1(C)c2ccccc2-c2c(-c3ccc4c(c3)C(c3ccccc3)(c3ccccc3)c3cc(-c5nc(-c6ccccc6)nc(-c6cc(-n7c8ccccc8c8ccccc87)cc(-n7c8ccccc8c8ccccc87)c6)n5)ccc3-4)cccc21. The third-order valence-corrected chi connectivity index (χ3v) is 18.2. The minimum Gasteiger partial charge on any atom is -0.309 e. The van der Waals surface area contributed by atoms with Crippen molar-refractivity contribution in [3.63, 3.8) is 0 Å². The van der Waals surface area contributed by atoms with Crippen molar-refractivity contribution in [2.75, 3.05) is 0 Å². The van der Waals surface area contributed by atoms with E-state index in [2.05, 4.69) is 302 Å². The second-order valence-electron chi connectivity index (χ2n) is 23.1. The quantitative estimate of drug-likeness (QED) is 0.152. The van der Waals surface area contributed by atoms with Gasteiger partial charge in [-0.15, -0.1) is 0 Å². The Kier molecular flexibility index (Phi) is 10.5. The molecule has 0 radical (unpaired) electrons. The molecule has 84 heavy (non-hydrogen) atoms. The fourth-order valence-electron chi connectivity index (χ4n) is 14.5. The van der Waals surface area contributed by atoms with Crippen LogP contribution in [0.25, 0.3) is 123 Å². The number of fused-ring (bicyclic) bond motifs is 12. The molecule has 17 rings (SSSR count). The molecular weight excluding hydrogens is 1020 g/mol. The highest BCUT2D eigenvalue weighted by molar-refractivity contribution is 6.11. The van der Waals surface area contributed by atoms with Gasteiger partial charge in [-0.25, -0.2) is 15.0 Å². The fraction of sp³-hybridized carbons (Fsp3) is 0.0506. The molecule has 5 nitrogen and oxygen atoms in total. The Bertz CT molecular complexity index is 4890. The average Bonchev–Trinajstić information content (AvgIpc) is 2.33. The molecule has 3 aromatic heterocycles. The molecule has 0 spiro atoms. The number of para-hydroxylation sites is 4. The van der Waals surface area contributed by atoms with Gasteiger partial charge in [0.05, 0.1) is 27.5 Å². The van der Waals surface area contributed by atoms with Gasteiger partial charge < -0.3 is 9.13 Å². The van der Waals surface area contributed by atoms with Crippen LogP contribution in [0.1, 0.15) is 47.2 Å². The van der Waals surface area contributed by atoms with E-state index in [0.29, 0.717) is 17.5 Å². The van der Waals surface area contributed by atoms with Gasteiger partial charge in [-0.3, -0.25) is 0 Å². The zero-order valence-corrected chi connectivity index (χ0v) is 46.4. The summed E-state index contributed by atoms with van der Waals surface area (Å²) in [5.74, 6) is 1.77. The van der Waals surface area contributed by atoms with E-state index in [0.717, 1.165) is 50.1 Å². The van der Waals surface area contributed by atoms with Crippen LogP contribution >= 0.6 is 0 Å². The van der Waals surface area contributed by atoms with Crippen LogP contribution in [0.2, 0.25) is 0 Å². The van der Waals surface area contributed by atoms with Gasteiger partial charge >= 0.3 is 0 Å². The summed E-state index contributed by atoms with van der Waals surface area (Å²) in [4.78, 5) is 16.6. The van der Waals surface area contributed by atoms with Crippen molar-refractivity contribution in [2.24, 2.45) is 0 Å². The second-order valence-corrected chi connectivity index (χ2v) is 23.1. The molecule has 3 heterocycles. The van der Waals surface area contributed by atoms with Crippen molar-refractivity contribution in [2.45, 2.75) is 24.7 Å². The van der Waals surface area contributed by atoms with Crippen molar-refractivity contribution >= 4 is 43.6 Å². The van der Waals surface area contributed by atoms with Crippen molar-refractivity contribution in [1.82, 2.24) is 24.1 Å². The second kappa shape index (κ2) is 18.4. The lowest BCUT2D eigenvalue weighted by Crippen LogP contribution is -2.28. The van der Waals surface area contributed by atoms with Crippen LogP contribution in [0.3, 0.4) is 0 Å². The van der Waals surface area contributed by atoms with Gasteiger partial charge in [0, 0.05) is 55.0 Å².